The molecule has 3 aliphatic rings. The molecule has 5 heterocycles. The molecule has 0 spiro atoms. The Morgan fingerprint density at radius 3 is 2.26 bits per heavy atom. The van der Waals surface area contributed by atoms with Crippen LogP contribution in [0.5, 0.6) is 0 Å². The van der Waals surface area contributed by atoms with Crippen molar-refractivity contribution in [3.8, 4) is 16.8 Å². The second-order valence-electron chi connectivity index (χ2n) is 16.9. The molecular formula is C45H51F3N10O3. The summed E-state index contributed by atoms with van der Waals surface area (Å²) in [5.41, 5.74) is 5.47. The van der Waals surface area contributed by atoms with Gasteiger partial charge in [0.2, 0.25) is 11.8 Å². The molecule has 2 aromatic heterocycles. The van der Waals surface area contributed by atoms with Crippen molar-refractivity contribution < 1.29 is 27.6 Å². The number of aromatic nitrogens is 5. The number of nitrogens with one attached hydrogen (secondary N) is 3. The Bertz CT molecular complexity index is 2360. The van der Waals surface area contributed by atoms with Crippen LogP contribution in [0.4, 0.5) is 18.9 Å². The van der Waals surface area contributed by atoms with Gasteiger partial charge in [0, 0.05) is 57.1 Å². The summed E-state index contributed by atoms with van der Waals surface area (Å²) in [7, 11) is 0. The number of nitrogens with zero attached hydrogens (tertiary/aromatic N) is 7. The zero-order valence-corrected chi connectivity index (χ0v) is 34.6. The molecule has 0 saturated carbocycles. The Hall–Kier alpha value is -5.87. The highest BCUT2D eigenvalue weighted by atomic mass is 19.4. The molecule has 3 N–H and O–H groups in total. The van der Waals surface area contributed by atoms with Gasteiger partial charge < -0.3 is 10.2 Å². The van der Waals surface area contributed by atoms with Gasteiger partial charge in [-0.3, -0.25) is 34.6 Å². The van der Waals surface area contributed by atoms with Gasteiger partial charge in [0.25, 0.3) is 5.91 Å². The van der Waals surface area contributed by atoms with Gasteiger partial charge >= 0.3 is 6.18 Å². The third kappa shape index (κ3) is 9.25. The fourth-order valence-electron chi connectivity index (χ4n) is 8.49. The number of carbonyl (C=O) groups excluding carboxylic acids is 3. The predicted octanol–water partition coefficient (Wildman–Crippen LogP) is 6.04. The minimum Gasteiger partial charge on any atom is -0.369 e. The molecule has 3 aromatic carbocycles. The first-order valence-corrected chi connectivity index (χ1v) is 20.9. The third-order valence-electron chi connectivity index (χ3n) is 12.5. The average Bonchev–Trinajstić information content (AvgIpc) is 3.95. The summed E-state index contributed by atoms with van der Waals surface area (Å²) in [6, 6.07) is 23.7. The van der Waals surface area contributed by atoms with Crippen LogP contribution in [-0.2, 0) is 28.1 Å². The molecule has 1 unspecified atom stereocenters. The smallest absolute Gasteiger partial charge is 0.369 e. The summed E-state index contributed by atoms with van der Waals surface area (Å²) in [4.78, 5) is 48.3. The standard InChI is InChI=1S/C45H51F3N10O3/c1-29-24-33(10-14-38(29)58-28-34(25-50-58)41(60)49-26-39-51-43(54-53-39)44(2,3)45(46,47)48)31-6-4-30(5-7-31)27-55-18-16-36(17-19-55)57-22-20-56(21-23-57)35-11-8-32(9-12-35)37-13-15-40(59)52-42(37)61/h4-12,14,24-25,28,36-37H,13,15-23,26-27H2,1-3H3,(H,49,60)(H,51,53,54)(H,52,59,61). The maximum absolute atomic E-state index is 13.4. The van der Waals surface area contributed by atoms with Crippen molar-refractivity contribution in [1.82, 2.24) is 45.4 Å². The second-order valence-corrected chi connectivity index (χ2v) is 16.9. The van der Waals surface area contributed by atoms with Gasteiger partial charge in [-0.1, -0.05) is 42.5 Å². The lowest BCUT2D eigenvalue weighted by atomic mass is 9.90. The molecule has 0 bridgehead atoms. The SMILES string of the molecule is Cc1cc(-c2ccc(CN3CCC(N4CCN(c5ccc(C6CCC(=O)NC6=O)cc5)CC4)CC3)cc2)ccc1-n1cc(C(=O)NCc2nc(C(C)(C)C(F)(F)F)n[nH]2)cn1. The van der Waals surface area contributed by atoms with E-state index in [1.807, 2.05) is 31.2 Å². The fourth-order valence-corrected chi connectivity index (χ4v) is 8.49. The number of halogens is 3. The molecule has 1 atom stereocenters. The molecule has 0 aliphatic carbocycles. The van der Waals surface area contributed by atoms with Gasteiger partial charge in [-0.25, -0.2) is 9.67 Å². The maximum atomic E-state index is 13.4. The van der Waals surface area contributed by atoms with Gasteiger partial charge in [-0.15, -0.1) is 0 Å². The van der Waals surface area contributed by atoms with Crippen LogP contribution in [0.15, 0.2) is 79.1 Å². The number of rotatable bonds is 11. The lowest BCUT2D eigenvalue weighted by Crippen LogP contribution is -2.53. The molecule has 61 heavy (non-hydrogen) atoms. The number of carbonyl (C=O) groups is 3. The summed E-state index contributed by atoms with van der Waals surface area (Å²) in [5.74, 6) is -1.36. The molecular weight excluding hydrogens is 786 g/mol. The molecule has 13 nitrogen and oxygen atoms in total. The highest BCUT2D eigenvalue weighted by Crippen LogP contribution is 2.38. The minimum atomic E-state index is -4.52. The first kappa shape index (κ1) is 41.8. The van der Waals surface area contributed by atoms with E-state index in [0.717, 1.165) is 100 Å². The lowest BCUT2D eigenvalue weighted by molar-refractivity contribution is -0.182. The van der Waals surface area contributed by atoms with Crippen molar-refractivity contribution >= 4 is 23.4 Å². The number of hydrogen-bond acceptors (Lipinski definition) is 9. The maximum Gasteiger partial charge on any atom is 0.401 e. The molecule has 5 aromatic rings. The van der Waals surface area contributed by atoms with Crippen LogP contribution in [-0.4, -0.2) is 104 Å². The van der Waals surface area contributed by atoms with Crippen LogP contribution in [0.25, 0.3) is 16.8 Å². The summed E-state index contributed by atoms with van der Waals surface area (Å²) in [6.07, 6.45) is 1.80. The number of alkyl halides is 3. The van der Waals surface area contributed by atoms with E-state index in [-0.39, 0.29) is 30.1 Å². The molecule has 3 saturated heterocycles. The third-order valence-corrected chi connectivity index (χ3v) is 12.5. The number of hydrogen-bond donors (Lipinski definition) is 3. The number of anilines is 1. The zero-order chi connectivity index (χ0) is 42.9. The predicted molar refractivity (Wildman–Crippen MR) is 224 cm³/mol. The van der Waals surface area contributed by atoms with Gasteiger partial charge in [0.15, 0.2) is 5.82 Å². The average molecular weight is 837 g/mol. The number of piperidine rings is 2. The van der Waals surface area contributed by atoms with Crippen molar-refractivity contribution in [2.75, 3.05) is 44.2 Å². The van der Waals surface area contributed by atoms with E-state index in [1.54, 1.807) is 10.9 Å². The summed E-state index contributed by atoms with van der Waals surface area (Å²) in [6.45, 7) is 11.0. The highest BCUT2D eigenvalue weighted by Gasteiger charge is 2.51. The summed E-state index contributed by atoms with van der Waals surface area (Å²) < 4.78 is 41.8. The largest absolute Gasteiger partial charge is 0.401 e. The second kappa shape index (κ2) is 17.2. The Morgan fingerprint density at radius 2 is 1.59 bits per heavy atom. The molecule has 3 fully saturated rings. The molecule has 3 amide bonds. The Labute approximate surface area is 352 Å². The number of piperazine rings is 1. The van der Waals surface area contributed by atoms with E-state index < -0.39 is 23.3 Å². The summed E-state index contributed by atoms with van der Waals surface area (Å²) >= 11 is 0. The number of likely N-dealkylation sites (tertiary alicyclic amines) is 1. The van der Waals surface area contributed by atoms with Crippen molar-refractivity contribution in [2.24, 2.45) is 0 Å². The van der Waals surface area contributed by atoms with Crippen LogP contribution in [0.3, 0.4) is 0 Å². The minimum absolute atomic E-state index is 0.117. The Morgan fingerprint density at radius 1 is 0.885 bits per heavy atom. The monoisotopic (exact) mass is 836 g/mol. The Balaban J connectivity index is 0.781. The number of aryl methyl sites for hydroxylation is 1. The van der Waals surface area contributed by atoms with E-state index >= 15 is 0 Å². The molecule has 16 heteroatoms. The molecule has 320 valence electrons. The van der Waals surface area contributed by atoms with Crippen molar-refractivity contribution in [3.05, 3.63) is 113 Å². The number of benzene rings is 3. The van der Waals surface area contributed by atoms with Crippen LogP contribution in [0.2, 0.25) is 0 Å². The van der Waals surface area contributed by atoms with Gasteiger partial charge in [0.05, 0.1) is 29.9 Å². The van der Waals surface area contributed by atoms with E-state index in [9.17, 15) is 27.6 Å². The lowest BCUT2D eigenvalue weighted by Gasteiger charge is -2.43. The summed E-state index contributed by atoms with van der Waals surface area (Å²) in [5, 5.41) is 15.7. The van der Waals surface area contributed by atoms with Crippen molar-refractivity contribution in [2.45, 2.75) is 83.1 Å². The normalized spacial score (nSPS) is 18.7. The fraction of sp³-hybridized carbons (Fsp3) is 0.422. The quantitative estimate of drug-likeness (QED) is 0.136. The molecule has 0 radical (unpaired) electrons. The van der Waals surface area contributed by atoms with Crippen LogP contribution in [0, 0.1) is 6.92 Å². The topological polar surface area (TPSA) is 144 Å². The van der Waals surface area contributed by atoms with Crippen LogP contribution in [0.1, 0.15) is 84.1 Å². The van der Waals surface area contributed by atoms with Gasteiger partial charge in [-0.05, 0) is 105 Å². The van der Waals surface area contributed by atoms with Crippen LogP contribution >= 0.6 is 0 Å². The number of H-pyrrole nitrogens is 1. The van der Waals surface area contributed by atoms with E-state index in [1.165, 1.54) is 17.4 Å². The first-order chi connectivity index (χ1) is 29.2. The van der Waals surface area contributed by atoms with Crippen LogP contribution < -0.4 is 15.5 Å². The van der Waals surface area contributed by atoms with E-state index in [2.05, 4.69) is 88.1 Å². The Kier molecular flexibility index (Phi) is 11.8. The number of aromatic amines is 1. The van der Waals surface area contributed by atoms with Crippen molar-refractivity contribution in [3.63, 3.8) is 0 Å². The molecule has 8 rings (SSSR count). The van der Waals surface area contributed by atoms with Crippen molar-refractivity contribution in [1.29, 1.82) is 0 Å². The number of amides is 3. The highest BCUT2D eigenvalue weighted by molar-refractivity contribution is 6.01. The van der Waals surface area contributed by atoms with E-state index in [0.29, 0.717) is 24.4 Å². The first-order valence-electron chi connectivity index (χ1n) is 20.9. The number of imide groups is 1. The zero-order valence-electron chi connectivity index (χ0n) is 34.6. The van der Waals surface area contributed by atoms with Gasteiger partial charge in [-0.2, -0.15) is 23.4 Å². The van der Waals surface area contributed by atoms with E-state index in [4.69, 9.17) is 0 Å². The molecule has 3 aliphatic heterocycles. The van der Waals surface area contributed by atoms with Gasteiger partial charge in [0.1, 0.15) is 11.2 Å².